The maximum Gasteiger partial charge on any atom is 0.256 e. The fourth-order valence-electron chi connectivity index (χ4n) is 1.91. The summed E-state index contributed by atoms with van der Waals surface area (Å²) in [6, 6.07) is 13.2. The van der Waals surface area contributed by atoms with Crippen LogP contribution in [0.2, 0.25) is 5.02 Å². The number of halogens is 2. The highest BCUT2D eigenvalue weighted by molar-refractivity contribution is 14.1. The van der Waals surface area contributed by atoms with Gasteiger partial charge in [-0.3, -0.25) is 4.79 Å². The summed E-state index contributed by atoms with van der Waals surface area (Å²) in [5.41, 5.74) is 2.67. The summed E-state index contributed by atoms with van der Waals surface area (Å²) in [4.78, 5) is 12.2. The van der Waals surface area contributed by atoms with Gasteiger partial charge in [-0.2, -0.15) is 0 Å². The molecule has 2 nitrogen and oxygen atoms in total. The van der Waals surface area contributed by atoms with Crippen LogP contribution in [0.3, 0.4) is 0 Å². The zero-order chi connectivity index (χ0) is 14.5. The van der Waals surface area contributed by atoms with Crippen LogP contribution in [0.15, 0.2) is 42.5 Å². The fraction of sp³-hybridized carbons (Fsp3) is 0.188. The van der Waals surface area contributed by atoms with Gasteiger partial charge in [0.15, 0.2) is 0 Å². The summed E-state index contributed by atoms with van der Waals surface area (Å²) in [5.74, 6) is -0.139. The molecule has 0 radical (unpaired) electrons. The van der Waals surface area contributed by atoms with Crippen molar-refractivity contribution in [2.75, 3.05) is 5.32 Å². The minimum absolute atomic E-state index is 0.139. The number of aryl methyl sites for hydroxylation is 1. The number of amides is 1. The Morgan fingerprint density at radius 3 is 2.55 bits per heavy atom. The Morgan fingerprint density at radius 2 is 1.90 bits per heavy atom. The zero-order valence-corrected chi connectivity index (χ0v) is 14.0. The molecule has 1 amide bonds. The number of benzene rings is 2. The van der Waals surface area contributed by atoms with E-state index in [0.717, 1.165) is 22.1 Å². The second-order valence-corrected chi connectivity index (χ2v) is 6.12. The van der Waals surface area contributed by atoms with E-state index < -0.39 is 0 Å². The van der Waals surface area contributed by atoms with E-state index in [4.69, 9.17) is 11.6 Å². The summed E-state index contributed by atoms with van der Waals surface area (Å²) in [6.07, 6.45) is 2.17. The molecule has 1 N–H and O–H groups in total. The first-order valence-corrected chi connectivity index (χ1v) is 7.91. The molecule has 0 saturated carbocycles. The van der Waals surface area contributed by atoms with Crippen molar-refractivity contribution < 1.29 is 4.79 Å². The van der Waals surface area contributed by atoms with E-state index in [1.807, 2.05) is 30.3 Å². The van der Waals surface area contributed by atoms with Crippen molar-refractivity contribution in [3.05, 3.63) is 62.2 Å². The first kappa shape index (κ1) is 15.3. The Balaban J connectivity index is 2.13. The lowest BCUT2D eigenvalue weighted by Crippen LogP contribution is -2.13. The highest BCUT2D eigenvalue weighted by Gasteiger charge is 2.10. The molecule has 0 unspecified atom stereocenters. The van der Waals surface area contributed by atoms with Crippen LogP contribution in [0.4, 0.5) is 5.69 Å². The summed E-state index contributed by atoms with van der Waals surface area (Å²) in [7, 11) is 0. The Bertz CT molecular complexity index is 610. The van der Waals surface area contributed by atoms with E-state index in [9.17, 15) is 4.79 Å². The smallest absolute Gasteiger partial charge is 0.256 e. The highest BCUT2D eigenvalue weighted by Crippen LogP contribution is 2.20. The molecule has 4 heteroatoms. The van der Waals surface area contributed by atoms with Crippen LogP contribution in [0, 0.1) is 3.57 Å². The molecule has 2 aromatic carbocycles. The molecule has 0 aromatic heterocycles. The molecule has 0 aliphatic carbocycles. The second kappa shape index (κ2) is 7.09. The van der Waals surface area contributed by atoms with Gasteiger partial charge in [0.05, 0.1) is 5.56 Å². The van der Waals surface area contributed by atoms with Gasteiger partial charge >= 0.3 is 0 Å². The molecule has 0 heterocycles. The van der Waals surface area contributed by atoms with Crippen LogP contribution in [-0.2, 0) is 6.42 Å². The highest BCUT2D eigenvalue weighted by atomic mass is 127. The average Bonchev–Trinajstić information content (AvgIpc) is 2.44. The number of nitrogens with one attached hydrogen (secondary N) is 1. The molecule has 20 heavy (non-hydrogen) atoms. The third-order valence-electron chi connectivity index (χ3n) is 2.92. The molecule has 0 atom stereocenters. The van der Waals surface area contributed by atoms with Gasteiger partial charge in [-0.15, -0.1) is 0 Å². The number of anilines is 1. The third kappa shape index (κ3) is 3.96. The zero-order valence-electron chi connectivity index (χ0n) is 11.1. The topological polar surface area (TPSA) is 29.1 Å². The number of rotatable bonds is 4. The molecule has 0 fully saturated rings. The quantitative estimate of drug-likeness (QED) is 0.708. The van der Waals surface area contributed by atoms with Crippen LogP contribution in [-0.4, -0.2) is 5.91 Å². The first-order chi connectivity index (χ1) is 9.60. The van der Waals surface area contributed by atoms with Crippen molar-refractivity contribution in [3.63, 3.8) is 0 Å². The van der Waals surface area contributed by atoms with Crippen molar-refractivity contribution in [2.45, 2.75) is 19.8 Å². The molecule has 0 aliphatic rings. The lowest BCUT2D eigenvalue weighted by Gasteiger charge is -2.08. The minimum atomic E-state index is -0.139. The average molecular weight is 400 g/mol. The summed E-state index contributed by atoms with van der Waals surface area (Å²) >= 11 is 8.07. The summed E-state index contributed by atoms with van der Waals surface area (Å²) in [6.45, 7) is 2.15. The Kier molecular flexibility index (Phi) is 5.43. The maximum absolute atomic E-state index is 12.2. The van der Waals surface area contributed by atoms with Crippen LogP contribution < -0.4 is 5.32 Å². The Hall–Kier alpha value is -1.07. The van der Waals surface area contributed by atoms with E-state index >= 15 is 0 Å². The summed E-state index contributed by atoms with van der Waals surface area (Å²) in [5, 5.41) is 3.46. The Labute approximate surface area is 137 Å². The molecule has 2 rings (SSSR count). The van der Waals surface area contributed by atoms with Gasteiger partial charge in [0, 0.05) is 14.3 Å². The maximum atomic E-state index is 12.2. The van der Waals surface area contributed by atoms with Crippen molar-refractivity contribution in [1.29, 1.82) is 0 Å². The molecular formula is C16H15ClINO. The van der Waals surface area contributed by atoms with Crippen molar-refractivity contribution in [2.24, 2.45) is 0 Å². The van der Waals surface area contributed by atoms with E-state index in [1.54, 1.807) is 12.1 Å². The first-order valence-electron chi connectivity index (χ1n) is 6.45. The molecule has 0 aliphatic heterocycles. The fourth-order valence-corrected chi connectivity index (χ4v) is 2.67. The molecule has 104 valence electrons. The van der Waals surface area contributed by atoms with Gasteiger partial charge in [0.2, 0.25) is 0 Å². The second-order valence-electron chi connectivity index (χ2n) is 4.53. The van der Waals surface area contributed by atoms with Crippen molar-refractivity contribution in [1.82, 2.24) is 0 Å². The molecule has 0 spiro atoms. The van der Waals surface area contributed by atoms with Gasteiger partial charge in [-0.25, -0.2) is 0 Å². The van der Waals surface area contributed by atoms with Crippen LogP contribution in [0.1, 0.15) is 29.3 Å². The largest absolute Gasteiger partial charge is 0.322 e. The van der Waals surface area contributed by atoms with E-state index in [1.165, 1.54) is 5.56 Å². The van der Waals surface area contributed by atoms with E-state index in [0.29, 0.717) is 10.6 Å². The van der Waals surface area contributed by atoms with Gasteiger partial charge in [-0.1, -0.05) is 37.1 Å². The van der Waals surface area contributed by atoms with E-state index in [2.05, 4.69) is 34.8 Å². The van der Waals surface area contributed by atoms with Gasteiger partial charge < -0.3 is 5.32 Å². The standard InChI is InChI=1S/C16H15ClINO/c1-2-3-11-4-7-13(8-5-11)19-16(20)14-10-12(17)6-9-15(14)18/h4-10H,2-3H2,1H3,(H,19,20). The van der Waals surface area contributed by atoms with Gasteiger partial charge in [0.1, 0.15) is 0 Å². The van der Waals surface area contributed by atoms with Gasteiger partial charge in [-0.05, 0) is 64.9 Å². The SMILES string of the molecule is CCCc1ccc(NC(=O)c2cc(Cl)ccc2I)cc1. The number of carbonyl (C=O) groups excluding carboxylic acids is 1. The monoisotopic (exact) mass is 399 g/mol. The normalized spacial score (nSPS) is 10.3. The van der Waals surface area contributed by atoms with Crippen LogP contribution >= 0.6 is 34.2 Å². The minimum Gasteiger partial charge on any atom is -0.322 e. The molecule has 0 saturated heterocycles. The Morgan fingerprint density at radius 1 is 1.20 bits per heavy atom. The van der Waals surface area contributed by atoms with Gasteiger partial charge in [0.25, 0.3) is 5.91 Å². The molecule has 0 bridgehead atoms. The number of hydrogen-bond donors (Lipinski definition) is 1. The predicted octanol–water partition coefficient (Wildman–Crippen LogP) is 5.15. The van der Waals surface area contributed by atoms with Crippen molar-refractivity contribution >= 4 is 45.8 Å². The van der Waals surface area contributed by atoms with Crippen LogP contribution in [0.25, 0.3) is 0 Å². The molecular weight excluding hydrogens is 385 g/mol. The predicted molar refractivity (Wildman–Crippen MR) is 92.6 cm³/mol. The van der Waals surface area contributed by atoms with E-state index in [-0.39, 0.29) is 5.91 Å². The number of carbonyl (C=O) groups is 1. The molecule has 2 aromatic rings. The summed E-state index contributed by atoms with van der Waals surface area (Å²) < 4.78 is 0.882. The lowest BCUT2D eigenvalue weighted by molar-refractivity contribution is 0.102. The van der Waals surface area contributed by atoms with Crippen molar-refractivity contribution in [3.8, 4) is 0 Å². The van der Waals surface area contributed by atoms with Crippen LogP contribution in [0.5, 0.6) is 0 Å². The number of hydrogen-bond acceptors (Lipinski definition) is 1. The lowest BCUT2D eigenvalue weighted by atomic mass is 10.1. The third-order valence-corrected chi connectivity index (χ3v) is 4.10.